The van der Waals surface area contributed by atoms with Crippen LogP contribution >= 0.6 is 0 Å². The molecule has 2 saturated carbocycles. The Hall–Kier alpha value is -1.37. The van der Waals surface area contributed by atoms with Crippen LogP contribution in [-0.4, -0.2) is 5.78 Å². The van der Waals surface area contributed by atoms with Crippen molar-refractivity contribution >= 4 is 11.9 Å². The molecule has 0 amide bonds. The van der Waals surface area contributed by atoms with Gasteiger partial charge in [-0.2, -0.15) is 0 Å². The highest BCUT2D eigenvalue weighted by atomic mass is 16.1. The zero-order valence-electron chi connectivity index (χ0n) is 8.49. The third-order valence-electron chi connectivity index (χ3n) is 4.38. The average molecular weight is 196 g/mol. The summed E-state index contributed by atoms with van der Waals surface area (Å²) in [5, 5.41) is 0. The zero-order valence-corrected chi connectivity index (χ0v) is 8.49. The Labute approximate surface area is 88.8 Å². The summed E-state index contributed by atoms with van der Waals surface area (Å²) in [7, 11) is 0. The smallest absolute Gasteiger partial charge is 0.173 e. The quantitative estimate of drug-likeness (QED) is 0.623. The maximum absolute atomic E-state index is 12.4. The molecule has 2 fully saturated rings. The highest BCUT2D eigenvalue weighted by molar-refractivity contribution is 6.10. The van der Waals surface area contributed by atoms with Gasteiger partial charge in [0, 0.05) is 5.56 Å². The van der Waals surface area contributed by atoms with Crippen LogP contribution in [0.4, 0.5) is 0 Å². The lowest BCUT2D eigenvalue weighted by Crippen LogP contribution is -2.22. The summed E-state index contributed by atoms with van der Waals surface area (Å²) in [6, 6.07) is 8.02. The Morgan fingerprint density at radius 3 is 3.00 bits per heavy atom. The van der Waals surface area contributed by atoms with Crippen molar-refractivity contribution in [1.82, 2.24) is 0 Å². The van der Waals surface area contributed by atoms with E-state index in [1.807, 2.05) is 18.2 Å². The van der Waals surface area contributed by atoms with Gasteiger partial charge < -0.3 is 0 Å². The van der Waals surface area contributed by atoms with Crippen molar-refractivity contribution in [2.45, 2.75) is 19.3 Å². The fraction of sp³-hybridized carbons (Fsp3) is 0.357. The van der Waals surface area contributed by atoms with Crippen LogP contribution in [0.3, 0.4) is 0 Å². The van der Waals surface area contributed by atoms with Crippen molar-refractivity contribution in [3.05, 3.63) is 41.0 Å². The van der Waals surface area contributed by atoms with E-state index in [1.54, 1.807) is 0 Å². The highest BCUT2D eigenvalue weighted by Crippen LogP contribution is 2.69. The van der Waals surface area contributed by atoms with Gasteiger partial charge in [0.15, 0.2) is 5.78 Å². The lowest BCUT2D eigenvalue weighted by molar-refractivity contribution is 0.0918. The van der Waals surface area contributed by atoms with Gasteiger partial charge in [-0.1, -0.05) is 35.9 Å². The van der Waals surface area contributed by atoms with E-state index < -0.39 is 0 Å². The van der Waals surface area contributed by atoms with E-state index in [1.165, 1.54) is 12.0 Å². The molecular formula is C14H12O. The third kappa shape index (κ3) is 0.750. The standard InChI is InChI=1S/C14H12O/c15-13-12-4-2-1-3-9(12)7-10-5-6-11-8-14(10,11)13/h1-4,7,11H,5-6,8H2. The number of benzene rings is 1. The van der Waals surface area contributed by atoms with Crippen LogP contribution in [0.2, 0.25) is 0 Å². The van der Waals surface area contributed by atoms with E-state index in [-0.39, 0.29) is 5.41 Å². The first-order valence-electron chi connectivity index (χ1n) is 5.67. The minimum atomic E-state index is -0.0195. The van der Waals surface area contributed by atoms with Gasteiger partial charge in [0.05, 0.1) is 5.41 Å². The molecule has 3 aliphatic rings. The predicted octanol–water partition coefficient (Wildman–Crippen LogP) is 3.07. The number of hydrogen-bond donors (Lipinski definition) is 0. The van der Waals surface area contributed by atoms with E-state index in [4.69, 9.17) is 0 Å². The molecule has 0 heterocycles. The number of hydrogen-bond acceptors (Lipinski definition) is 1. The van der Waals surface area contributed by atoms with Gasteiger partial charge in [-0.05, 0) is 30.7 Å². The molecule has 1 heteroatoms. The number of fused-ring (bicyclic) bond motifs is 1. The fourth-order valence-corrected chi connectivity index (χ4v) is 3.51. The van der Waals surface area contributed by atoms with Crippen LogP contribution in [0.5, 0.6) is 0 Å². The van der Waals surface area contributed by atoms with Gasteiger partial charge in [-0.15, -0.1) is 0 Å². The van der Waals surface area contributed by atoms with Crippen molar-refractivity contribution in [3.63, 3.8) is 0 Å². The van der Waals surface area contributed by atoms with E-state index in [9.17, 15) is 4.79 Å². The van der Waals surface area contributed by atoms with Crippen LogP contribution in [-0.2, 0) is 0 Å². The number of carbonyl (C=O) groups is 1. The molecule has 0 radical (unpaired) electrons. The minimum Gasteiger partial charge on any atom is -0.293 e. The first-order valence-corrected chi connectivity index (χ1v) is 5.67. The van der Waals surface area contributed by atoms with Gasteiger partial charge in [0.2, 0.25) is 0 Å². The zero-order chi connectivity index (χ0) is 10.0. The van der Waals surface area contributed by atoms with Gasteiger partial charge >= 0.3 is 0 Å². The van der Waals surface area contributed by atoms with Crippen LogP contribution in [0.25, 0.3) is 6.08 Å². The molecule has 0 aromatic heterocycles. The molecule has 2 unspecified atom stereocenters. The first kappa shape index (κ1) is 7.86. The van der Waals surface area contributed by atoms with Gasteiger partial charge in [0.1, 0.15) is 0 Å². The van der Waals surface area contributed by atoms with Crippen molar-refractivity contribution < 1.29 is 4.79 Å². The maximum atomic E-state index is 12.4. The van der Waals surface area contributed by atoms with Crippen LogP contribution < -0.4 is 0 Å². The lowest BCUT2D eigenvalue weighted by Gasteiger charge is -2.21. The van der Waals surface area contributed by atoms with Crippen molar-refractivity contribution in [3.8, 4) is 0 Å². The Balaban J connectivity index is 2.01. The molecule has 4 rings (SSSR count). The number of allylic oxidation sites excluding steroid dienone is 1. The van der Waals surface area contributed by atoms with Crippen molar-refractivity contribution in [1.29, 1.82) is 0 Å². The predicted molar refractivity (Wildman–Crippen MR) is 58.5 cm³/mol. The average Bonchev–Trinajstić information content (AvgIpc) is 2.89. The maximum Gasteiger partial charge on any atom is 0.173 e. The van der Waals surface area contributed by atoms with E-state index in [0.717, 1.165) is 24.0 Å². The highest BCUT2D eigenvalue weighted by Gasteiger charge is 2.65. The number of ketones is 1. The summed E-state index contributed by atoms with van der Waals surface area (Å²) in [4.78, 5) is 12.4. The molecule has 1 aromatic carbocycles. The number of carbonyl (C=O) groups excluding carboxylic acids is 1. The summed E-state index contributed by atoms with van der Waals surface area (Å²) in [5.74, 6) is 1.07. The first-order chi connectivity index (χ1) is 7.32. The molecule has 0 bridgehead atoms. The molecule has 1 aromatic rings. The van der Waals surface area contributed by atoms with Gasteiger partial charge in [0.25, 0.3) is 0 Å². The molecule has 2 atom stereocenters. The Bertz CT molecular complexity index is 512. The van der Waals surface area contributed by atoms with E-state index in [0.29, 0.717) is 11.7 Å². The second-order valence-electron chi connectivity index (χ2n) is 5.00. The Kier molecular flexibility index (Phi) is 1.17. The summed E-state index contributed by atoms with van der Waals surface area (Å²) in [6.07, 6.45) is 5.76. The topological polar surface area (TPSA) is 17.1 Å². The summed E-state index contributed by atoms with van der Waals surface area (Å²) < 4.78 is 0. The Morgan fingerprint density at radius 1 is 1.27 bits per heavy atom. The van der Waals surface area contributed by atoms with Crippen molar-refractivity contribution in [2.75, 3.05) is 0 Å². The SMILES string of the molecule is O=C1c2ccccc2C=C2CCC3CC123. The molecule has 1 nitrogen and oxygen atoms in total. The number of rotatable bonds is 0. The molecule has 0 saturated heterocycles. The van der Waals surface area contributed by atoms with Crippen LogP contribution in [0.15, 0.2) is 29.8 Å². The third-order valence-corrected chi connectivity index (χ3v) is 4.38. The van der Waals surface area contributed by atoms with Gasteiger partial charge in [-0.25, -0.2) is 0 Å². The van der Waals surface area contributed by atoms with Crippen LogP contribution in [0.1, 0.15) is 35.2 Å². The summed E-state index contributed by atoms with van der Waals surface area (Å²) in [5.41, 5.74) is 3.48. The molecule has 3 aliphatic carbocycles. The summed E-state index contributed by atoms with van der Waals surface area (Å²) in [6.45, 7) is 0. The second-order valence-corrected chi connectivity index (χ2v) is 5.00. The second kappa shape index (κ2) is 2.24. The molecular weight excluding hydrogens is 184 g/mol. The van der Waals surface area contributed by atoms with Gasteiger partial charge in [-0.3, -0.25) is 4.79 Å². The van der Waals surface area contributed by atoms with E-state index in [2.05, 4.69) is 12.1 Å². The normalized spacial score (nSPS) is 35.3. The molecule has 15 heavy (non-hydrogen) atoms. The van der Waals surface area contributed by atoms with E-state index >= 15 is 0 Å². The lowest BCUT2D eigenvalue weighted by atomic mass is 9.80. The Morgan fingerprint density at radius 2 is 2.13 bits per heavy atom. The fourth-order valence-electron chi connectivity index (χ4n) is 3.51. The van der Waals surface area contributed by atoms with Crippen LogP contribution in [0, 0.1) is 11.3 Å². The molecule has 1 spiro atoms. The molecule has 0 N–H and O–H groups in total. The largest absolute Gasteiger partial charge is 0.293 e. The van der Waals surface area contributed by atoms with Crippen molar-refractivity contribution in [2.24, 2.45) is 11.3 Å². The summed E-state index contributed by atoms with van der Waals surface area (Å²) >= 11 is 0. The monoisotopic (exact) mass is 196 g/mol. The molecule has 74 valence electrons. The molecule has 0 aliphatic heterocycles. The number of Topliss-reactive ketones (excluding diaryl/α,β-unsaturated/α-hetero) is 1. The minimum absolute atomic E-state index is 0.0195.